The summed E-state index contributed by atoms with van der Waals surface area (Å²) in [7, 11) is 0. The van der Waals surface area contributed by atoms with E-state index in [9.17, 15) is 14.4 Å². The zero-order valence-electron chi connectivity index (χ0n) is 18.8. The van der Waals surface area contributed by atoms with E-state index in [1.54, 1.807) is 6.07 Å². The number of rotatable bonds is 6. The molecule has 5 heteroatoms. The lowest BCUT2D eigenvalue weighted by atomic mass is 9.86. The van der Waals surface area contributed by atoms with Gasteiger partial charge in [0.1, 0.15) is 0 Å². The lowest BCUT2D eigenvalue weighted by Crippen LogP contribution is -2.24. The number of nitrogens with one attached hydrogen (secondary N) is 1. The van der Waals surface area contributed by atoms with Gasteiger partial charge in [0.25, 0.3) is 5.56 Å². The van der Waals surface area contributed by atoms with E-state index in [1.807, 2.05) is 39.8 Å². The molecule has 162 valence electrons. The smallest absolute Gasteiger partial charge is 0.303 e. The first-order valence-electron chi connectivity index (χ1n) is 10.7. The number of aromatic amines is 1. The topological polar surface area (TPSA) is 76.2 Å². The van der Waals surface area contributed by atoms with Crippen molar-refractivity contribution in [2.24, 2.45) is 5.92 Å². The normalized spacial score (nSPS) is 13.0. The van der Waals surface area contributed by atoms with Gasteiger partial charge in [-0.3, -0.25) is 14.4 Å². The highest BCUT2D eigenvalue weighted by atomic mass is 16.5. The van der Waals surface area contributed by atoms with Gasteiger partial charge in [-0.05, 0) is 74.3 Å². The molecule has 1 aliphatic carbocycles. The van der Waals surface area contributed by atoms with Gasteiger partial charge in [0.15, 0.2) is 12.4 Å². The van der Waals surface area contributed by atoms with Gasteiger partial charge in [-0.25, -0.2) is 0 Å². The van der Waals surface area contributed by atoms with Gasteiger partial charge in [-0.15, -0.1) is 0 Å². The number of hydrogen-bond acceptors (Lipinski definition) is 4. The van der Waals surface area contributed by atoms with Crippen LogP contribution in [0.15, 0.2) is 23.0 Å². The third-order valence-electron chi connectivity index (χ3n) is 5.48. The van der Waals surface area contributed by atoms with Crippen LogP contribution in [0.4, 0.5) is 0 Å². The van der Waals surface area contributed by atoms with E-state index in [2.05, 4.69) is 16.8 Å². The Morgan fingerprint density at radius 1 is 1.19 bits per heavy atom. The van der Waals surface area contributed by atoms with E-state index in [0.717, 1.165) is 36.1 Å². The van der Waals surface area contributed by atoms with Crippen LogP contribution >= 0.6 is 0 Å². The maximum atomic E-state index is 13.8. The summed E-state index contributed by atoms with van der Waals surface area (Å²) in [5.41, 5.74) is 4.73. The molecular weight excluding hydrogens is 390 g/mol. The molecule has 0 aliphatic heterocycles. The van der Waals surface area contributed by atoms with E-state index in [-0.39, 0.29) is 29.8 Å². The molecule has 0 unspecified atom stereocenters. The lowest BCUT2D eigenvalue weighted by Gasteiger charge is -2.18. The van der Waals surface area contributed by atoms with Crippen LogP contribution < -0.4 is 5.56 Å². The van der Waals surface area contributed by atoms with E-state index in [0.29, 0.717) is 28.2 Å². The van der Waals surface area contributed by atoms with Crippen LogP contribution in [-0.2, 0) is 16.0 Å². The number of carbonyl (C=O) groups excluding carboxylic acids is 2. The molecule has 1 saturated carbocycles. The Morgan fingerprint density at radius 2 is 1.90 bits per heavy atom. The van der Waals surface area contributed by atoms with Gasteiger partial charge in [0, 0.05) is 34.9 Å². The Kier molecular flexibility index (Phi) is 6.80. The van der Waals surface area contributed by atoms with Crippen LogP contribution in [0.3, 0.4) is 0 Å². The van der Waals surface area contributed by atoms with E-state index < -0.39 is 0 Å². The Balaban J connectivity index is 2.08. The highest BCUT2D eigenvalue weighted by Crippen LogP contribution is 2.36. The molecule has 0 radical (unpaired) electrons. The van der Waals surface area contributed by atoms with Crippen LogP contribution in [0.5, 0.6) is 0 Å². The molecule has 0 spiro atoms. The molecule has 1 fully saturated rings. The number of benzene rings is 1. The van der Waals surface area contributed by atoms with Crippen LogP contribution in [0.2, 0.25) is 0 Å². The van der Waals surface area contributed by atoms with Crippen molar-refractivity contribution in [2.75, 3.05) is 6.61 Å². The van der Waals surface area contributed by atoms with Crippen molar-refractivity contribution in [2.45, 2.75) is 59.8 Å². The number of pyridine rings is 1. The SMILES string of the molecule is CC(=O)OCC#Cc1cc(C)cc(C(=O)c2c(CC3CC3)c(C)[nH]c(=O)c2C(C)C)c1. The van der Waals surface area contributed by atoms with Crippen molar-refractivity contribution in [1.29, 1.82) is 0 Å². The van der Waals surface area contributed by atoms with E-state index in [1.165, 1.54) is 6.92 Å². The van der Waals surface area contributed by atoms with Gasteiger partial charge in [-0.1, -0.05) is 25.7 Å². The van der Waals surface area contributed by atoms with Crippen molar-refractivity contribution in [3.63, 3.8) is 0 Å². The number of aromatic nitrogens is 1. The molecular formula is C26H29NO4. The summed E-state index contributed by atoms with van der Waals surface area (Å²) in [6.07, 6.45) is 3.13. The van der Waals surface area contributed by atoms with Gasteiger partial charge in [0.05, 0.1) is 0 Å². The van der Waals surface area contributed by atoms with Gasteiger partial charge in [0.2, 0.25) is 0 Å². The van der Waals surface area contributed by atoms with Crippen LogP contribution in [0.1, 0.15) is 83.4 Å². The van der Waals surface area contributed by atoms with Gasteiger partial charge < -0.3 is 9.72 Å². The molecule has 1 aliphatic rings. The molecule has 0 amide bonds. The fourth-order valence-corrected chi connectivity index (χ4v) is 3.86. The first-order valence-corrected chi connectivity index (χ1v) is 10.7. The van der Waals surface area contributed by atoms with E-state index >= 15 is 0 Å². The Labute approximate surface area is 183 Å². The fourth-order valence-electron chi connectivity index (χ4n) is 3.86. The summed E-state index contributed by atoms with van der Waals surface area (Å²) in [4.78, 5) is 40.4. The third-order valence-corrected chi connectivity index (χ3v) is 5.48. The zero-order valence-corrected chi connectivity index (χ0v) is 18.8. The minimum atomic E-state index is -0.386. The largest absolute Gasteiger partial charge is 0.453 e. The maximum Gasteiger partial charge on any atom is 0.303 e. The van der Waals surface area contributed by atoms with Crippen LogP contribution in [0.25, 0.3) is 0 Å². The number of aryl methyl sites for hydroxylation is 2. The molecule has 5 nitrogen and oxygen atoms in total. The first kappa shape index (κ1) is 22.6. The average Bonchev–Trinajstić information content (AvgIpc) is 3.49. The second-order valence-corrected chi connectivity index (χ2v) is 8.65. The van der Waals surface area contributed by atoms with Crippen LogP contribution in [0, 0.1) is 31.6 Å². The average molecular weight is 420 g/mol. The standard InChI is InChI=1S/C26H29NO4/c1-15(2)23-24(22(14-19-8-9-19)17(4)27-26(23)30)25(29)21-12-16(3)11-20(13-21)7-6-10-31-18(5)28/h11-13,15,19H,8-10,14H2,1-5H3,(H,27,30). The predicted molar refractivity (Wildman–Crippen MR) is 120 cm³/mol. The molecule has 1 aromatic heterocycles. The molecule has 2 aromatic rings. The second-order valence-electron chi connectivity index (χ2n) is 8.65. The maximum absolute atomic E-state index is 13.8. The summed E-state index contributed by atoms with van der Waals surface area (Å²) in [5, 5.41) is 0. The molecule has 0 saturated heterocycles. The summed E-state index contributed by atoms with van der Waals surface area (Å²) in [6, 6.07) is 5.47. The number of carbonyl (C=O) groups is 2. The number of H-pyrrole nitrogens is 1. The summed E-state index contributed by atoms with van der Waals surface area (Å²) < 4.78 is 4.85. The molecule has 31 heavy (non-hydrogen) atoms. The molecule has 1 aromatic carbocycles. The fraction of sp³-hybridized carbons (Fsp3) is 0.423. The lowest BCUT2D eigenvalue weighted by molar-refractivity contribution is -0.139. The van der Waals surface area contributed by atoms with Crippen molar-refractivity contribution in [3.05, 3.63) is 67.6 Å². The minimum Gasteiger partial charge on any atom is -0.453 e. The predicted octanol–water partition coefficient (Wildman–Crippen LogP) is 4.21. The molecule has 0 bridgehead atoms. The van der Waals surface area contributed by atoms with E-state index in [4.69, 9.17) is 4.74 Å². The quantitative estimate of drug-likeness (QED) is 0.432. The van der Waals surface area contributed by atoms with Crippen molar-refractivity contribution < 1.29 is 14.3 Å². The number of esters is 1. The third kappa shape index (κ3) is 5.52. The number of ether oxygens (including phenoxy) is 1. The molecule has 1 N–H and O–H groups in total. The zero-order chi connectivity index (χ0) is 22.7. The van der Waals surface area contributed by atoms with Crippen molar-refractivity contribution in [3.8, 4) is 11.8 Å². The second kappa shape index (κ2) is 9.34. The van der Waals surface area contributed by atoms with Crippen molar-refractivity contribution >= 4 is 11.8 Å². The summed E-state index contributed by atoms with van der Waals surface area (Å²) in [6.45, 7) is 9.01. The molecule has 1 heterocycles. The minimum absolute atomic E-state index is 0.00282. The summed E-state index contributed by atoms with van der Waals surface area (Å²) >= 11 is 0. The molecule has 3 rings (SSSR count). The number of ketones is 1. The highest BCUT2D eigenvalue weighted by molar-refractivity contribution is 6.11. The Morgan fingerprint density at radius 3 is 2.52 bits per heavy atom. The Bertz CT molecular complexity index is 1140. The monoisotopic (exact) mass is 419 g/mol. The van der Waals surface area contributed by atoms with Crippen molar-refractivity contribution in [1.82, 2.24) is 4.98 Å². The summed E-state index contributed by atoms with van der Waals surface area (Å²) in [5.74, 6) is 5.74. The Hall–Kier alpha value is -3.13. The first-order chi connectivity index (χ1) is 14.7. The van der Waals surface area contributed by atoms with Gasteiger partial charge in [-0.2, -0.15) is 0 Å². The van der Waals surface area contributed by atoms with Gasteiger partial charge >= 0.3 is 5.97 Å². The number of hydrogen-bond donors (Lipinski definition) is 1. The highest BCUT2D eigenvalue weighted by Gasteiger charge is 2.29. The van der Waals surface area contributed by atoms with Crippen LogP contribution in [-0.4, -0.2) is 23.3 Å². The molecule has 0 atom stereocenters.